The highest BCUT2D eigenvalue weighted by atomic mass is 16.6. The van der Waals surface area contributed by atoms with E-state index in [0.717, 1.165) is 12.8 Å². The third kappa shape index (κ3) is 5.63. The molecule has 1 aliphatic rings. The van der Waals surface area contributed by atoms with Crippen LogP contribution in [0.4, 0.5) is 0 Å². The van der Waals surface area contributed by atoms with E-state index >= 15 is 0 Å². The number of aliphatic hydroxyl groups excluding tert-OH is 1. The van der Waals surface area contributed by atoms with E-state index in [1.54, 1.807) is 7.11 Å². The van der Waals surface area contributed by atoms with Crippen molar-refractivity contribution in [2.24, 2.45) is 0 Å². The standard InChI is InChI=1S/C13H26O5/c1-3-5-18-13-11(14)10-12(13)17-7-4-6-16-9-8-15-2/h11-14H,3-10H2,1-2H3. The van der Waals surface area contributed by atoms with Crippen molar-refractivity contribution in [2.45, 2.75) is 44.5 Å². The van der Waals surface area contributed by atoms with Gasteiger partial charge in [0.1, 0.15) is 6.10 Å². The van der Waals surface area contributed by atoms with Crippen molar-refractivity contribution >= 4 is 0 Å². The Hall–Kier alpha value is -0.200. The van der Waals surface area contributed by atoms with Gasteiger partial charge in [0.15, 0.2) is 0 Å². The van der Waals surface area contributed by atoms with Crippen LogP contribution in [-0.2, 0) is 18.9 Å². The fourth-order valence-electron chi connectivity index (χ4n) is 1.83. The van der Waals surface area contributed by atoms with Gasteiger partial charge in [-0.3, -0.25) is 0 Å². The van der Waals surface area contributed by atoms with Gasteiger partial charge >= 0.3 is 0 Å². The molecule has 0 aromatic heterocycles. The molecule has 1 saturated carbocycles. The first-order valence-corrected chi connectivity index (χ1v) is 6.77. The fraction of sp³-hybridized carbons (Fsp3) is 1.00. The Morgan fingerprint density at radius 1 is 1.06 bits per heavy atom. The van der Waals surface area contributed by atoms with Gasteiger partial charge in [-0.05, 0) is 12.8 Å². The predicted molar refractivity (Wildman–Crippen MR) is 67.7 cm³/mol. The van der Waals surface area contributed by atoms with Gasteiger partial charge in [-0.25, -0.2) is 0 Å². The molecule has 108 valence electrons. The molecule has 5 heteroatoms. The summed E-state index contributed by atoms with van der Waals surface area (Å²) in [7, 11) is 1.66. The highest BCUT2D eigenvalue weighted by molar-refractivity contribution is 4.91. The minimum absolute atomic E-state index is 0.0468. The Morgan fingerprint density at radius 2 is 1.89 bits per heavy atom. The molecule has 0 heterocycles. The van der Waals surface area contributed by atoms with Gasteiger partial charge in [-0.15, -0.1) is 0 Å². The summed E-state index contributed by atoms with van der Waals surface area (Å²) in [6.45, 7) is 5.32. The maximum absolute atomic E-state index is 9.56. The second-order valence-corrected chi connectivity index (χ2v) is 4.51. The molecule has 3 atom stereocenters. The Bertz CT molecular complexity index is 200. The van der Waals surface area contributed by atoms with E-state index in [4.69, 9.17) is 18.9 Å². The molecule has 0 amide bonds. The molecule has 3 unspecified atom stereocenters. The molecular formula is C13H26O5. The van der Waals surface area contributed by atoms with Crippen LogP contribution in [0.3, 0.4) is 0 Å². The van der Waals surface area contributed by atoms with Crippen LogP contribution in [0.1, 0.15) is 26.2 Å². The van der Waals surface area contributed by atoms with Crippen LogP contribution >= 0.6 is 0 Å². The van der Waals surface area contributed by atoms with Crippen LogP contribution in [0, 0.1) is 0 Å². The summed E-state index contributed by atoms with van der Waals surface area (Å²) >= 11 is 0. The summed E-state index contributed by atoms with van der Waals surface area (Å²) < 4.78 is 21.4. The largest absolute Gasteiger partial charge is 0.390 e. The van der Waals surface area contributed by atoms with Crippen molar-refractivity contribution in [3.8, 4) is 0 Å². The van der Waals surface area contributed by atoms with Gasteiger partial charge < -0.3 is 24.1 Å². The van der Waals surface area contributed by atoms with Crippen molar-refractivity contribution < 1.29 is 24.1 Å². The molecule has 0 spiro atoms. The highest BCUT2D eigenvalue weighted by Gasteiger charge is 2.41. The van der Waals surface area contributed by atoms with Crippen molar-refractivity contribution in [2.75, 3.05) is 40.1 Å². The lowest BCUT2D eigenvalue weighted by Gasteiger charge is -2.40. The number of methoxy groups -OCH3 is 1. The molecule has 0 saturated heterocycles. The normalized spacial score (nSPS) is 27.2. The molecule has 0 radical (unpaired) electrons. The molecule has 1 fully saturated rings. The summed E-state index contributed by atoms with van der Waals surface area (Å²) in [5, 5.41) is 9.56. The zero-order valence-electron chi connectivity index (χ0n) is 11.5. The molecule has 18 heavy (non-hydrogen) atoms. The summed E-state index contributed by atoms with van der Waals surface area (Å²) in [5.74, 6) is 0. The van der Waals surface area contributed by atoms with E-state index in [1.165, 1.54) is 0 Å². The Morgan fingerprint density at radius 3 is 2.56 bits per heavy atom. The zero-order valence-corrected chi connectivity index (χ0v) is 11.5. The van der Waals surface area contributed by atoms with E-state index in [9.17, 15) is 5.11 Å². The van der Waals surface area contributed by atoms with Crippen molar-refractivity contribution in [3.05, 3.63) is 0 Å². The van der Waals surface area contributed by atoms with Crippen LogP contribution < -0.4 is 0 Å². The minimum atomic E-state index is -0.362. The summed E-state index contributed by atoms with van der Waals surface area (Å²) in [6.07, 6.45) is 2.04. The lowest BCUT2D eigenvalue weighted by atomic mass is 9.88. The topological polar surface area (TPSA) is 57.2 Å². The van der Waals surface area contributed by atoms with Crippen LogP contribution in [-0.4, -0.2) is 63.6 Å². The Balaban J connectivity index is 1.95. The lowest BCUT2D eigenvalue weighted by molar-refractivity contribution is -0.193. The Kier molecular flexibility index (Phi) is 8.54. The number of aliphatic hydroxyl groups is 1. The quantitative estimate of drug-likeness (QED) is 0.563. The second kappa shape index (κ2) is 9.69. The van der Waals surface area contributed by atoms with Crippen LogP contribution in [0.25, 0.3) is 0 Å². The molecule has 1 rings (SSSR count). The molecule has 5 nitrogen and oxygen atoms in total. The van der Waals surface area contributed by atoms with Gasteiger partial charge in [-0.1, -0.05) is 6.92 Å². The van der Waals surface area contributed by atoms with Crippen LogP contribution in [0.5, 0.6) is 0 Å². The van der Waals surface area contributed by atoms with E-state index < -0.39 is 0 Å². The van der Waals surface area contributed by atoms with E-state index in [-0.39, 0.29) is 18.3 Å². The maximum atomic E-state index is 9.56. The van der Waals surface area contributed by atoms with E-state index in [1.807, 2.05) is 0 Å². The minimum Gasteiger partial charge on any atom is -0.390 e. The van der Waals surface area contributed by atoms with Gasteiger partial charge in [0.2, 0.25) is 0 Å². The van der Waals surface area contributed by atoms with Crippen LogP contribution in [0.2, 0.25) is 0 Å². The van der Waals surface area contributed by atoms with E-state index in [0.29, 0.717) is 39.5 Å². The van der Waals surface area contributed by atoms with Gasteiger partial charge in [-0.2, -0.15) is 0 Å². The monoisotopic (exact) mass is 262 g/mol. The molecule has 0 aliphatic heterocycles. The number of hydrogen-bond acceptors (Lipinski definition) is 5. The lowest BCUT2D eigenvalue weighted by Crippen LogP contribution is -2.53. The fourth-order valence-corrected chi connectivity index (χ4v) is 1.83. The predicted octanol–water partition coefficient (Wildman–Crippen LogP) is 0.984. The van der Waals surface area contributed by atoms with Crippen molar-refractivity contribution in [3.63, 3.8) is 0 Å². The third-order valence-electron chi connectivity index (χ3n) is 2.93. The average Bonchev–Trinajstić information content (AvgIpc) is 2.36. The van der Waals surface area contributed by atoms with Gasteiger partial charge in [0.25, 0.3) is 0 Å². The van der Waals surface area contributed by atoms with Gasteiger partial charge in [0.05, 0.1) is 25.4 Å². The zero-order chi connectivity index (χ0) is 13.2. The number of ether oxygens (including phenoxy) is 4. The third-order valence-corrected chi connectivity index (χ3v) is 2.93. The second-order valence-electron chi connectivity index (χ2n) is 4.51. The van der Waals surface area contributed by atoms with E-state index in [2.05, 4.69) is 6.92 Å². The molecule has 0 aromatic rings. The maximum Gasteiger partial charge on any atom is 0.110 e. The highest BCUT2D eigenvalue weighted by Crippen LogP contribution is 2.27. The summed E-state index contributed by atoms with van der Waals surface area (Å²) in [4.78, 5) is 0. The first-order valence-electron chi connectivity index (χ1n) is 6.77. The SMILES string of the molecule is CCCOC1C(O)CC1OCCCOCCOC. The van der Waals surface area contributed by atoms with Crippen molar-refractivity contribution in [1.29, 1.82) is 0 Å². The summed E-state index contributed by atoms with van der Waals surface area (Å²) in [5.41, 5.74) is 0. The number of hydrogen-bond donors (Lipinski definition) is 1. The molecule has 1 aliphatic carbocycles. The molecule has 0 bridgehead atoms. The first-order chi connectivity index (χ1) is 8.79. The molecule has 1 N–H and O–H groups in total. The van der Waals surface area contributed by atoms with Crippen molar-refractivity contribution in [1.82, 2.24) is 0 Å². The van der Waals surface area contributed by atoms with Crippen LogP contribution in [0.15, 0.2) is 0 Å². The average molecular weight is 262 g/mol. The van der Waals surface area contributed by atoms with Gasteiger partial charge in [0, 0.05) is 33.4 Å². The summed E-state index contributed by atoms with van der Waals surface area (Å²) in [6, 6.07) is 0. The molecule has 0 aromatic carbocycles. The molecular weight excluding hydrogens is 236 g/mol. The Labute approximate surface area is 109 Å². The first kappa shape index (κ1) is 15.9. The smallest absolute Gasteiger partial charge is 0.110 e. The number of rotatable bonds is 11.